The van der Waals surface area contributed by atoms with Crippen LogP contribution in [-0.4, -0.2) is 6.61 Å². The lowest BCUT2D eigenvalue weighted by molar-refractivity contribution is 0.363. The van der Waals surface area contributed by atoms with E-state index in [0.29, 0.717) is 6.61 Å². The second-order valence-corrected chi connectivity index (χ2v) is 3.75. The van der Waals surface area contributed by atoms with Crippen molar-refractivity contribution in [1.82, 2.24) is 0 Å². The highest BCUT2D eigenvalue weighted by atomic mass is 16.5. The molecule has 2 rings (SSSR count). The summed E-state index contributed by atoms with van der Waals surface area (Å²) in [5, 5.41) is 0. The Balaban J connectivity index is 2.26. The summed E-state index contributed by atoms with van der Waals surface area (Å²) in [5.41, 5.74) is 8.68. The van der Waals surface area contributed by atoms with Crippen LogP contribution in [0.15, 0.2) is 61.2 Å². The highest BCUT2D eigenvalue weighted by molar-refractivity contribution is 5.66. The van der Waals surface area contributed by atoms with E-state index in [-0.39, 0.29) is 0 Å². The van der Waals surface area contributed by atoms with Crippen LogP contribution in [0.4, 0.5) is 5.69 Å². The maximum atomic E-state index is 5.66. The van der Waals surface area contributed by atoms with Crippen LogP contribution in [0.3, 0.4) is 0 Å². The number of hydrogen-bond acceptors (Lipinski definition) is 2. The van der Waals surface area contributed by atoms with Gasteiger partial charge in [-0.2, -0.15) is 0 Å². The van der Waals surface area contributed by atoms with Crippen molar-refractivity contribution < 1.29 is 4.74 Å². The van der Waals surface area contributed by atoms with Gasteiger partial charge in [0.25, 0.3) is 0 Å². The molecule has 0 aliphatic carbocycles. The molecule has 0 saturated heterocycles. The molecule has 17 heavy (non-hydrogen) atoms. The maximum Gasteiger partial charge on any atom is 0.120 e. The Morgan fingerprint density at radius 1 is 1.06 bits per heavy atom. The van der Waals surface area contributed by atoms with E-state index in [1.807, 2.05) is 48.5 Å². The summed E-state index contributed by atoms with van der Waals surface area (Å²) in [7, 11) is 0. The molecular weight excluding hydrogens is 210 g/mol. The smallest absolute Gasteiger partial charge is 0.120 e. The quantitative estimate of drug-likeness (QED) is 0.638. The molecule has 0 bridgehead atoms. The standard InChI is InChI=1S/C15H15NO/c1-2-10-17-15-5-3-4-13(11-15)12-6-8-14(16)9-7-12/h2-9,11H,1,10,16H2. The molecule has 0 saturated carbocycles. The average molecular weight is 225 g/mol. The second kappa shape index (κ2) is 5.21. The fourth-order valence-electron chi connectivity index (χ4n) is 1.60. The van der Waals surface area contributed by atoms with Crippen molar-refractivity contribution in [3.63, 3.8) is 0 Å². The van der Waals surface area contributed by atoms with Crippen LogP contribution in [0.5, 0.6) is 5.75 Å². The van der Waals surface area contributed by atoms with Crippen LogP contribution in [0.1, 0.15) is 0 Å². The third-order valence-electron chi connectivity index (χ3n) is 2.45. The minimum atomic E-state index is 0.519. The van der Waals surface area contributed by atoms with Gasteiger partial charge in [-0.1, -0.05) is 36.9 Å². The van der Waals surface area contributed by atoms with Crippen molar-refractivity contribution in [3.8, 4) is 16.9 Å². The summed E-state index contributed by atoms with van der Waals surface area (Å²) in [5.74, 6) is 0.847. The van der Waals surface area contributed by atoms with E-state index in [1.54, 1.807) is 6.08 Å². The number of nitrogen functional groups attached to an aromatic ring is 1. The summed E-state index contributed by atoms with van der Waals surface area (Å²) in [6.45, 7) is 4.15. The molecule has 2 N–H and O–H groups in total. The molecule has 2 aromatic rings. The molecule has 2 aromatic carbocycles. The minimum Gasteiger partial charge on any atom is -0.490 e. The van der Waals surface area contributed by atoms with Crippen LogP contribution >= 0.6 is 0 Å². The van der Waals surface area contributed by atoms with E-state index >= 15 is 0 Å². The number of ether oxygens (including phenoxy) is 1. The molecule has 86 valence electrons. The second-order valence-electron chi connectivity index (χ2n) is 3.75. The van der Waals surface area contributed by atoms with Gasteiger partial charge in [0.1, 0.15) is 12.4 Å². The Labute approximate surface area is 101 Å². The molecular formula is C15H15NO. The zero-order chi connectivity index (χ0) is 12.1. The van der Waals surface area contributed by atoms with E-state index in [9.17, 15) is 0 Å². The first-order chi connectivity index (χ1) is 8.29. The molecule has 0 aromatic heterocycles. The van der Waals surface area contributed by atoms with Crippen molar-refractivity contribution >= 4 is 5.69 Å². The number of benzene rings is 2. The van der Waals surface area contributed by atoms with Crippen molar-refractivity contribution in [2.45, 2.75) is 0 Å². The summed E-state index contributed by atoms with van der Waals surface area (Å²) in [6, 6.07) is 15.8. The average Bonchev–Trinajstić information content (AvgIpc) is 2.37. The first kappa shape index (κ1) is 11.3. The van der Waals surface area contributed by atoms with Gasteiger partial charge in [0.05, 0.1) is 0 Å². The Kier molecular flexibility index (Phi) is 3.46. The first-order valence-corrected chi connectivity index (χ1v) is 5.49. The lowest BCUT2D eigenvalue weighted by Gasteiger charge is -2.06. The Morgan fingerprint density at radius 3 is 2.53 bits per heavy atom. The van der Waals surface area contributed by atoms with E-state index in [4.69, 9.17) is 10.5 Å². The van der Waals surface area contributed by atoms with Crippen LogP contribution in [0.25, 0.3) is 11.1 Å². The van der Waals surface area contributed by atoms with E-state index in [1.165, 1.54) is 0 Å². The molecule has 0 fully saturated rings. The van der Waals surface area contributed by atoms with E-state index in [0.717, 1.165) is 22.6 Å². The topological polar surface area (TPSA) is 35.2 Å². The Morgan fingerprint density at radius 2 is 1.82 bits per heavy atom. The zero-order valence-electron chi connectivity index (χ0n) is 9.60. The molecule has 0 unspecified atom stereocenters. The fourth-order valence-corrected chi connectivity index (χ4v) is 1.60. The molecule has 2 heteroatoms. The van der Waals surface area contributed by atoms with Crippen molar-refractivity contribution in [2.24, 2.45) is 0 Å². The summed E-state index contributed by atoms with van der Waals surface area (Å²) >= 11 is 0. The lowest BCUT2D eigenvalue weighted by Crippen LogP contribution is -1.92. The SMILES string of the molecule is C=CCOc1cccc(-c2ccc(N)cc2)c1. The highest BCUT2D eigenvalue weighted by Gasteiger charge is 1.99. The Bertz CT molecular complexity index is 503. The van der Waals surface area contributed by atoms with Crippen LogP contribution in [0.2, 0.25) is 0 Å². The minimum absolute atomic E-state index is 0.519. The highest BCUT2D eigenvalue weighted by Crippen LogP contribution is 2.24. The van der Waals surface area contributed by atoms with Gasteiger partial charge < -0.3 is 10.5 Å². The van der Waals surface area contributed by atoms with Gasteiger partial charge in [-0.15, -0.1) is 0 Å². The number of anilines is 1. The molecule has 0 spiro atoms. The van der Waals surface area contributed by atoms with E-state index in [2.05, 4.69) is 6.58 Å². The summed E-state index contributed by atoms with van der Waals surface area (Å²) in [6.07, 6.45) is 1.73. The molecule has 0 radical (unpaired) electrons. The maximum absolute atomic E-state index is 5.66. The normalized spacial score (nSPS) is 9.88. The van der Waals surface area contributed by atoms with Gasteiger partial charge in [0, 0.05) is 5.69 Å². The van der Waals surface area contributed by atoms with Crippen LogP contribution in [-0.2, 0) is 0 Å². The number of nitrogens with two attached hydrogens (primary N) is 1. The van der Waals surface area contributed by atoms with Gasteiger partial charge in [0.2, 0.25) is 0 Å². The molecule has 0 heterocycles. The third kappa shape index (κ3) is 2.88. The van der Waals surface area contributed by atoms with Gasteiger partial charge in [0.15, 0.2) is 0 Å². The summed E-state index contributed by atoms with van der Waals surface area (Å²) in [4.78, 5) is 0. The number of hydrogen-bond donors (Lipinski definition) is 1. The third-order valence-corrected chi connectivity index (χ3v) is 2.45. The predicted molar refractivity (Wildman–Crippen MR) is 72.0 cm³/mol. The Hall–Kier alpha value is -2.22. The van der Waals surface area contributed by atoms with Crippen molar-refractivity contribution in [1.29, 1.82) is 0 Å². The lowest BCUT2D eigenvalue weighted by atomic mass is 10.1. The molecule has 0 aliphatic heterocycles. The number of rotatable bonds is 4. The monoisotopic (exact) mass is 225 g/mol. The molecule has 0 atom stereocenters. The zero-order valence-corrected chi connectivity index (χ0v) is 9.60. The van der Waals surface area contributed by atoms with Crippen molar-refractivity contribution in [2.75, 3.05) is 12.3 Å². The fraction of sp³-hybridized carbons (Fsp3) is 0.0667. The van der Waals surface area contributed by atoms with Crippen LogP contribution < -0.4 is 10.5 Å². The van der Waals surface area contributed by atoms with Crippen molar-refractivity contribution in [3.05, 3.63) is 61.2 Å². The largest absolute Gasteiger partial charge is 0.490 e. The molecule has 0 aliphatic rings. The predicted octanol–water partition coefficient (Wildman–Crippen LogP) is 3.50. The van der Waals surface area contributed by atoms with Gasteiger partial charge >= 0.3 is 0 Å². The molecule has 0 amide bonds. The van der Waals surface area contributed by atoms with Crippen LogP contribution in [0, 0.1) is 0 Å². The first-order valence-electron chi connectivity index (χ1n) is 5.49. The molecule has 2 nitrogen and oxygen atoms in total. The summed E-state index contributed by atoms with van der Waals surface area (Å²) < 4.78 is 5.50. The van der Waals surface area contributed by atoms with Gasteiger partial charge in [-0.3, -0.25) is 0 Å². The van der Waals surface area contributed by atoms with E-state index < -0.39 is 0 Å². The van der Waals surface area contributed by atoms with Gasteiger partial charge in [-0.05, 0) is 35.4 Å². The van der Waals surface area contributed by atoms with Gasteiger partial charge in [-0.25, -0.2) is 0 Å².